The van der Waals surface area contributed by atoms with Crippen molar-refractivity contribution in [1.29, 1.82) is 0 Å². The summed E-state index contributed by atoms with van der Waals surface area (Å²) >= 11 is 7.86. The molecule has 2 unspecified atom stereocenters. The molecule has 0 N–H and O–H groups in total. The number of morpholine rings is 1. The molecule has 3 heterocycles. The highest BCUT2D eigenvalue weighted by molar-refractivity contribution is 7.17. The van der Waals surface area contributed by atoms with Crippen molar-refractivity contribution < 1.29 is 4.74 Å². The molecule has 4 nitrogen and oxygen atoms in total. The predicted octanol–water partition coefficient (Wildman–Crippen LogP) is 5.24. The third-order valence-electron chi connectivity index (χ3n) is 4.92. The largest absolute Gasteiger partial charge is 0.372 e. The number of fused-ring (bicyclic) bond motifs is 1. The van der Waals surface area contributed by atoms with Crippen LogP contribution in [0, 0.1) is 13.8 Å². The van der Waals surface area contributed by atoms with Crippen LogP contribution in [0.5, 0.6) is 0 Å². The van der Waals surface area contributed by atoms with Crippen molar-refractivity contribution in [3.63, 3.8) is 0 Å². The third kappa shape index (κ3) is 3.20. The van der Waals surface area contributed by atoms with E-state index in [9.17, 15) is 0 Å². The molecule has 4 rings (SSSR count). The lowest BCUT2D eigenvalue weighted by Crippen LogP contribution is -2.46. The van der Waals surface area contributed by atoms with Gasteiger partial charge >= 0.3 is 0 Å². The van der Waals surface area contributed by atoms with Crippen LogP contribution in [-0.2, 0) is 4.74 Å². The van der Waals surface area contributed by atoms with Crippen LogP contribution in [0.2, 0.25) is 5.28 Å². The maximum Gasteiger partial charge on any atom is 0.225 e. The zero-order chi connectivity index (χ0) is 18.4. The van der Waals surface area contributed by atoms with Crippen molar-refractivity contribution in [2.24, 2.45) is 0 Å². The number of aromatic nitrogens is 2. The molecule has 26 heavy (non-hydrogen) atoms. The van der Waals surface area contributed by atoms with Crippen LogP contribution >= 0.6 is 22.9 Å². The summed E-state index contributed by atoms with van der Waals surface area (Å²) in [7, 11) is 0. The van der Waals surface area contributed by atoms with Gasteiger partial charge in [0.05, 0.1) is 17.6 Å². The van der Waals surface area contributed by atoms with Crippen LogP contribution in [0.1, 0.15) is 25.0 Å². The van der Waals surface area contributed by atoms with E-state index in [0.29, 0.717) is 5.28 Å². The molecule has 1 saturated heterocycles. The number of anilines is 1. The van der Waals surface area contributed by atoms with Crippen LogP contribution in [-0.4, -0.2) is 35.3 Å². The van der Waals surface area contributed by atoms with E-state index in [-0.39, 0.29) is 12.2 Å². The Bertz CT molecular complexity index is 961. The lowest BCUT2D eigenvalue weighted by atomic mass is 10.0. The van der Waals surface area contributed by atoms with E-state index in [1.807, 2.05) is 0 Å². The average Bonchev–Trinajstić information content (AvgIpc) is 2.99. The first-order chi connectivity index (χ1) is 12.4. The number of hydrogen-bond acceptors (Lipinski definition) is 5. The normalized spacial score (nSPS) is 20.7. The molecule has 136 valence electrons. The SMILES string of the molecule is Cc1ccc(-c2csc3nc(Cl)nc(N4CC(C)OC(C)C4)c23)cc1C. The smallest absolute Gasteiger partial charge is 0.225 e. The summed E-state index contributed by atoms with van der Waals surface area (Å²) in [6, 6.07) is 6.58. The van der Waals surface area contributed by atoms with Crippen molar-refractivity contribution in [1.82, 2.24) is 9.97 Å². The molecule has 0 saturated carbocycles. The zero-order valence-corrected chi connectivity index (χ0v) is 17.0. The van der Waals surface area contributed by atoms with Crippen LogP contribution in [0.3, 0.4) is 0 Å². The number of aryl methyl sites for hydroxylation is 2. The fraction of sp³-hybridized carbons (Fsp3) is 0.400. The highest BCUT2D eigenvalue weighted by atomic mass is 35.5. The summed E-state index contributed by atoms with van der Waals surface area (Å²) in [6.07, 6.45) is 0.317. The van der Waals surface area contributed by atoms with E-state index in [1.54, 1.807) is 11.3 Å². The molecule has 1 aliphatic rings. The fourth-order valence-corrected chi connectivity index (χ4v) is 4.76. The first-order valence-corrected chi connectivity index (χ1v) is 10.1. The molecule has 0 spiro atoms. The van der Waals surface area contributed by atoms with E-state index in [4.69, 9.17) is 16.3 Å². The highest BCUT2D eigenvalue weighted by Crippen LogP contribution is 2.40. The van der Waals surface area contributed by atoms with Gasteiger partial charge in [-0.05, 0) is 56.0 Å². The van der Waals surface area contributed by atoms with Crippen LogP contribution < -0.4 is 4.90 Å². The molecule has 2 atom stereocenters. The molecule has 3 aromatic rings. The van der Waals surface area contributed by atoms with Crippen LogP contribution in [0.25, 0.3) is 21.3 Å². The molecule has 6 heteroatoms. The maximum absolute atomic E-state index is 6.24. The number of nitrogens with zero attached hydrogens (tertiary/aromatic N) is 3. The van der Waals surface area contributed by atoms with Gasteiger partial charge in [0.2, 0.25) is 5.28 Å². The van der Waals surface area contributed by atoms with Crippen LogP contribution in [0.4, 0.5) is 5.82 Å². The summed E-state index contributed by atoms with van der Waals surface area (Å²) in [5.41, 5.74) is 4.95. The van der Waals surface area contributed by atoms with Gasteiger partial charge in [-0.15, -0.1) is 11.3 Å². The second kappa shape index (κ2) is 6.80. The first kappa shape index (κ1) is 17.7. The summed E-state index contributed by atoms with van der Waals surface area (Å²) in [6.45, 7) is 10.1. The third-order valence-corrected chi connectivity index (χ3v) is 5.97. The molecule has 0 aliphatic carbocycles. The number of halogens is 1. The first-order valence-electron chi connectivity index (χ1n) is 8.85. The van der Waals surface area contributed by atoms with E-state index in [0.717, 1.165) is 29.1 Å². The molecule has 0 amide bonds. The minimum atomic E-state index is 0.159. The van der Waals surface area contributed by atoms with Gasteiger partial charge in [0, 0.05) is 24.0 Å². The molecule has 1 aromatic carbocycles. The molecule has 0 bridgehead atoms. The number of thiophene rings is 1. The maximum atomic E-state index is 6.24. The molecule has 2 aromatic heterocycles. The second-order valence-electron chi connectivity index (χ2n) is 7.11. The Morgan fingerprint density at radius 3 is 2.54 bits per heavy atom. The lowest BCUT2D eigenvalue weighted by molar-refractivity contribution is -0.00537. The minimum Gasteiger partial charge on any atom is -0.372 e. The molecular formula is C20H22ClN3OS. The Morgan fingerprint density at radius 1 is 1.12 bits per heavy atom. The van der Waals surface area contributed by atoms with E-state index >= 15 is 0 Å². The standard InChI is InChI=1S/C20H22ClN3OS/c1-11-5-6-15(7-12(11)2)16-10-26-19-17(16)18(22-20(21)23-19)24-8-13(3)25-14(4)9-24/h5-7,10,13-14H,8-9H2,1-4H3. The topological polar surface area (TPSA) is 38.2 Å². The summed E-state index contributed by atoms with van der Waals surface area (Å²) in [4.78, 5) is 12.3. The zero-order valence-electron chi connectivity index (χ0n) is 15.4. The lowest BCUT2D eigenvalue weighted by Gasteiger charge is -2.36. The Labute approximate surface area is 162 Å². The molecule has 1 fully saturated rings. The summed E-state index contributed by atoms with van der Waals surface area (Å²) in [5, 5.41) is 3.55. The van der Waals surface area contributed by atoms with Gasteiger partial charge in [0.1, 0.15) is 10.6 Å². The molecule has 1 aliphatic heterocycles. The molecular weight excluding hydrogens is 366 g/mol. The number of rotatable bonds is 2. The van der Waals surface area contributed by atoms with Gasteiger partial charge in [-0.3, -0.25) is 0 Å². The van der Waals surface area contributed by atoms with Crippen LogP contribution in [0.15, 0.2) is 23.6 Å². The Hall–Kier alpha value is -1.69. The highest BCUT2D eigenvalue weighted by Gasteiger charge is 2.27. The van der Waals surface area contributed by atoms with Crippen molar-refractivity contribution in [2.45, 2.75) is 39.9 Å². The Kier molecular flexibility index (Phi) is 4.63. The van der Waals surface area contributed by atoms with Crippen molar-refractivity contribution >= 4 is 39.0 Å². The number of hydrogen-bond donors (Lipinski definition) is 0. The van der Waals surface area contributed by atoms with E-state index in [1.165, 1.54) is 22.3 Å². The summed E-state index contributed by atoms with van der Waals surface area (Å²) < 4.78 is 5.89. The van der Waals surface area contributed by atoms with E-state index < -0.39 is 0 Å². The van der Waals surface area contributed by atoms with Gasteiger partial charge < -0.3 is 9.64 Å². The van der Waals surface area contributed by atoms with Crippen molar-refractivity contribution in [2.75, 3.05) is 18.0 Å². The van der Waals surface area contributed by atoms with Gasteiger partial charge in [-0.25, -0.2) is 4.98 Å². The summed E-state index contributed by atoms with van der Waals surface area (Å²) in [5.74, 6) is 0.913. The van der Waals surface area contributed by atoms with E-state index in [2.05, 4.69) is 66.1 Å². The van der Waals surface area contributed by atoms with Gasteiger partial charge in [0.15, 0.2) is 0 Å². The average molecular weight is 388 g/mol. The fourth-order valence-electron chi connectivity index (χ4n) is 3.60. The molecule has 0 radical (unpaired) electrons. The van der Waals surface area contributed by atoms with Crippen molar-refractivity contribution in [3.8, 4) is 11.1 Å². The monoisotopic (exact) mass is 387 g/mol. The Morgan fingerprint density at radius 2 is 1.85 bits per heavy atom. The predicted molar refractivity (Wildman–Crippen MR) is 110 cm³/mol. The van der Waals surface area contributed by atoms with Gasteiger partial charge in [-0.2, -0.15) is 4.98 Å². The van der Waals surface area contributed by atoms with Gasteiger partial charge in [-0.1, -0.05) is 18.2 Å². The Balaban J connectivity index is 1.89. The number of ether oxygens (including phenoxy) is 1. The van der Waals surface area contributed by atoms with Crippen molar-refractivity contribution in [3.05, 3.63) is 40.0 Å². The number of benzene rings is 1. The quantitative estimate of drug-likeness (QED) is 0.563. The second-order valence-corrected chi connectivity index (χ2v) is 8.30. The van der Waals surface area contributed by atoms with Gasteiger partial charge in [0.25, 0.3) is 0 Å². The minimum absolute atomic E-state index is 0.159.